The van der Waals surface area contributed by atoms with Gasteiger partial charge in [0.2, 0.25) is 0 Å². The molecule has 0 radical (unpaired) electrons. The molecule has 1 amide bonds. The molecule has 0 saturated carbocycles. The van der Waals surface area contributed by atoms with E-state index >= 15 is 0 Å². The van der Waals surface area contributed by atoms with Gasteiger partial charge in [0, 0.05) is 24.2 Å². The molecular formula is C15H19N3OS. The van der Waals surface area contributed by atoms with Crippen molar-refractivity contribution in [3.05, 3.63) is 33.6 Å². The van der Waals surface area contributed by atoms with Gasteiger partial charge in [-0.05, 0) is 36.8 Å². The average Bonchev–Trinajstić information content (AvgIpc) is 3.03. The number of carbonyl (C=O) groups excluding carboxylic acids is 1. The van der Waals surface area contributed by atoms with Crippen molar-refractivity contribution in [1.29, 1.82) is 0 Å². The van der Waals surface area contributed by atoms with Crippen LogP contribution in [0.1, 0.15) is 39.9 Å². The summed E-state index contributed by atoms with van der Waals surface area (Å²) in [5.41, 5.74) is 1.37. The lowest BCUT2D eigenvalue weighted by Gasteiger charge is -2.19. The molecule has 0 fully saturated rings. The van der Waals surface area contributed by atoms with Crippen LogP contribution in [0.3, 0.4) is 0 Å². The molecule has 1 aliphatic rings. The fourth-order valence-electron chi connectivity index (χ4n) is 2.72. The average molecular weight is 289 g/mol. The van der Waals surface area contributed by atoms with E-state index < -0.39 is 0 Å². The highest BCUT2D eigenvalue weighted by atomic mass is 32.1. The Morgan fingerprint density at radius 1 is 1.60 bits per heavy atom. The molecule has 2 aromatic heterocycles. The van der Waals surface area contributed by atoms with Crippen molar-refractivity contribution in [2.24, 2.45) is 13.0 Å². The Morgan fingerprint density at radius 3 is 3.15 bits per heavy atom. The smallest absolute Gasteiger partial charge is 0.266 e. The van der Waals surface area contributed by atoms with Gasteiger partial charge in [0.25, 0.3) is 5.91 Å². The summed E-state index contributed by atoms with van der Waals surface area (Å²) in [6.45, 7) is 2.25. The van der Waals surface area contributed by atoms with E-state index in [0.717, 1.165) is 23.6 Å². The van der Waals surface area contributed by atoms with Gasteiger partial charge in [-0.3, -0.25) is 9.48 Å². The Kier molecular flexibility index (Phi) is 3.61. The van der Waals surface area contributed by atoms with Crippen molar-refractivity contribution in [2.75, 3.05) is 5.32 Å². The number of carbonyl (C=O) groups is 1. The first-order chi connectivity index (χ1) is 9.65. The predicted molar refractivity (Wildman–Crippen MR) is 81.3 cm³/mol. The maximum Gasteiger partial charge on any atom is 0.266 e. The first-order valence-corrected chi connectivity index (χ1v) is 7.90. The number of fused-ring (bicyclic) bond motifs is 1. The highest BCUT2D eigenvalue weighted by Gasteiger charge is 2.22. The van der Waals surface area contributed by atoms with Crippen molar-refractivity contribution in [3.63, 3.8) is 0 Å². The van der Waals surface area contributed by atoms with Crippen LogP contribution < -0.4 is 5.32 Å². The molecule has 5 heteroatoms. The summed E-state index contributed by atoms with van der Waals surface area (Å²) in [7, 11) is 1.84. The van der Waals surface area contributed by atoms with Gasteiger partial charge in [0.15, 0.2) is 5.82 Å². The summed E-state index contributed by atoms with van der Waals surface area (Å²) >= 11 is 1.64. The van der Waals surface area contributed by atoms with E-state index in [1.807, 2.05) is 13.2 Å². The highest BCUT2D eigenvalue weighted by molar-refractivity contribution is 7.14. The summed E-state index contributed by atoms with van der Waals surface area (Å²) in [5.74, 6) is 1.34. The highest BCUT2D eigenvalue weighted by Crippen LogP contribution is 2.33. The summed E-state index contributed by atoms with van der Waals surface area (Å²) in [5, 5.41) is 7.03. The number of thiophene rings is 1. The molecule has 1 unspecified atom stereocenters. The van der Waals surface area contributed by atoms with Crippen LogP contribution in [0.2, 0.25) is 0 Å². The molecule has 1 atom stereocenters. The van der Waals surface area contributed by atoms with Gasteiger partial charge in [0.05, 0.1) is 4.88 Å². The number of amides is 1. The Hall–Kier alpha value is -1.62. The minimum atomic E-state index is -0.0452. The molecule has 0 bridgehead atoms. The molecule has 20 heavy (non-hydrogen) atoms. The summed E-state index contributed by atoms with van der Waals surface area (Å²) in [6, 6.07) is 3.87. The van der Waals surface area contributed by atoms with Crippen LogP contribution in [-0.4, -0.2) is 15.7 Å². The number of aromatic nitrogens is 2. The van der Waals surface area contributed by atoms with Gasteiger partial charge in [0.1, 0.15) is 0 Å². The van der Waals surface area contributed by atoms with Crippen LogP contribution >= 0.6 is 11.3 Å². The Bertz CT molecular complexity index is 629. The van der Waals surface area contributed by atoms with Crippen molar-refractivity contribution in [3.8, 4) is 0 Å². The number of hydrogen-bond donors (Lipinski definition) is 1. The molecule has 0 aromatic carbocycles. The van der Waals surface area contributed by atoms with Gasteiger partial charge in [-0.15, -0.1) is 11.3 Å². The number of rotatable bonds is 3. The maximum absolute atomic E-state index is 12.2. The normalized spacial score (nSPS) is 17.8. The Morgan fingerprint density at radius 2 is 2.45 bits per heavy atom. The lowest BCUT2D eigenvalue weighted by Crippen LogP contribution is -2.11. The number of nitrogens with zero attached hydrogens (tertiary/aromatic N) is 2. The second-order valence-corrected chi connectivity index (χ2v) is 6.54. The summed E-state index contributed by atoms with van der Waals surface area (Å²) in [6.07, 6.45) is 6.55. The molecule has 0 saturated heterocycles. The summed E-state index contributed by atoms with van der Waals surface area (Å²) in [4.78, 5) is 14.4. The second-order valence-electron chi connectivity index (χ2n) is 5.40. The van der Waals surface area contributed by atoms with Crippen LogP contribution in [0, 0.1) is 5.92 Å². The standard InChI is InChI=1S/C15H19N3OS/c1-3-10-4-5-12-11(8-10)9-13(20-12)15(19)16-14-6-7-18(2)17-14/h6-7,9-10H,3-5,8H2,1-2H3,(H,16,17,19). The zero-order chi connectivity index (χ0) is 14.1. The Labute approximate surface area is 122 Å². The third-order valence-electron chi connectivity index (χ3n) is 3.94. The molecule has 3 rings (SSSR count). The van der Waals surface area contributed by atoms with E-state index in [9.17, 15) is 4.79 Å². The second kappa shape index (κ2) is 5.40. The van der Waals surface area contributed by atoms with E-state index in [2.05, 4.69) is 23.4 Å². The van der Waals surface area contributed by atoms with Crippen LogP contribution in [0.15, 0.2) is 18.3 Å². The van der Waals surface area contributed by atoms with E-state index in [1.54, 1.807) is 22.1 Å². The van der Waals surface area contributed by atoms with E-state index in [1.165, 1.54) is 23.3 Å². The third-order valence-corrected chi connectivity index (χ3v) is 5.18. The van der Waals surface area contributed by atoms with Gasteiger partial charge in [-0.25, -0.2) is 0 Å². The van der Waals surface area contributed by atoms with Crippen molar-refractivity contribution < 1.29 is 4.79 Å². The quantitative estimate of drug-likeness (QED) is 0.943. The number of aryl methyl sites for hydroxylation is 2. The number of nitrogens with one attached hydrogen (secondary N) is 1. The topological polar surface area (TPSA) is 46.9 Å². The predicted octanol–water partition coefficient (Wildman–Crippen LogP) is 3.25. The van der Waals surface area contributed by atoms with Crippen LogP contribution in [0.5, 0.6) is 0 Å². The van der Waals surface area contributed by atoms with E-state index in [0.29, 0.717) is 5.82 Å². The first kappa shape index (κ1) is 13.4. The van der Waals surface area contributed by atoms with Crippen LogP contribution in [0.25, 0.3) is 0 Å². The summed E-state index contributed by atoms with van der Waals surface area (Å²) < 4.78 is 1.68. The molecule has 2 aromatic rings. The van der Waals surface area contributed by atoms with Crippen molar-refractivity contribution in [1.82, 2.24) is 9.78 Å². The molecule has 2 heterocycles. The molecule has 1 aliphatic carbocycles. The fraction of sp³-hybridized carbons (Fsp3) is 0.467. The lowest BCUT2D eigenvalue weighted by atomic mass is 9.87. The van der Waals surface area contributed by atoms with Crippen molar-refractivity contribution in [2.45, 2.75) is 32.6 Å². The zero-order valence-electron chi connectivity index (χ0n) is 11.8. The molecule has 0 spiro atoms. The van der Waals surface area contributed by atoms with Gasteiger partial charge < -0.3 is 5.32 Å². The van der Waals surface area contributed by atoms with Gasteiger partial charge in [-0.1, -0.05) is 13.3 Å². The molecule has 0 aliphatic heterocycles. The lowest BCUT2D eigenvalue weighted by molar-refractivity contribution is 0.103. The van der Waals surface area contributed by atoms with Crippen LogP contribution in [0.4, 0.5) is 5.82 Å². The zero-order valence-corrected chi connectivity index (χ0v) is 12.7. The minimum Gasteiger partial charge on any atom is -0.304 e. The molecule has 4 nitrogen and oxygen atoms in total. The molecule has 106 valence electrons. The Balaban J connectivity index is 1.74. The van der Waals surface area contributed by atoms with Gasteiger partial charge >= 0.3 is 0 Å². The van der Waals surface area contributed by atoms with E-state index in [4.69, 9.17) is 0 Å². The van der Waals surface area contributed by atoms with Gasteiger partial charge in [-0.2, -0.15) is 5.10 Å². The largest absolute Gasteiger partial charge is 0.304 e. The molecule has 1 N–H and O–H groups in total. The maximum atomic E-state index is 12.2. The molecular weight excluding hydrogens is 270 g/mol. The monoisotopic (exact) mass is 289 g/mol. The third kappa shape index (κ3) is 2.63. The first-order valence-electron chi connectivity index (χ1n) is 7.08. The van der Waals surface area contributed by atoms with E-state index in [-0.39, 0.29) is 5.91 Å². The minimum absolute atomic E-state index is 0.0452. The van der Waals surface area contributed by atoms with Crippen LogP contribution in [-0.2, 0) is 19.9 Å². The number of anilines is 1. The number of hydrogen-bond acceptors (Lipinski definition) is 3. The SMILES string of the molecule is CCC1CCc2sc(C(=O)Nc3ccn(C)n3)cc2C1. The van der Waals surface area contributed by atoms with Crippen molar-refractivity contribution >= 4 is 23.1 Å². The fourth-order valence-corrected chi connectivity index (χ4v) is 3.82.